The highest BCUT2D eigenvalue weighted by molar-refractivity contribution is 6.31. The highest BCUT2D eigenvalue weighted by Gasteiger charge is 2.28. The van der Waals surface area contributed by atoms with Gasteiger partial charge in [-0.15, -0.1) is 17.5 Å². The van der Waals surface area contributed by atoms with Gasteiger partial charge in [-0.1, -0.05) is 11.6 Å². The average molecular weight is 343 g/mol. The third kappa shape index (κ3) is 3.73. The lowest BCUT2D eigenvalue weighted by Gasteiger charge is -2.13. The smallest absolute Gasteiger partial charge is 0.253 e. The van der Waals surface area contributed by atoms with Gasteiger partial charge in [-0.2, -0.15) is 4.68 Å². The second-order valence-electron chi connectivity index (χ2n) is 5.13. The van der Waals surface area contributed by atoms with Gasteiger partial charge >= 0.3 is 0 Å². The van der Waals surface area contributed by atoms with Crippen LogP contribution in [0.3, 0.4) is 0 Å². The lowest BCUT2D eigenvalue weighted by atomic mass is 10.1. The second-order valence-corrected chi connectivity index (χ2v) is 5.56. The summed E-state index contributed by atoms with van der Waals surface area (Å²) in [5.41, 5.74) is 6.98. The molecular formula is C13H16Cl2N6O. The molecule has 1 heterocycles. The van der Waals surface area contributed by atoms with Gasteiger partial charge in [0, 0.05) is 17.6 Å². The molecule has 0 spiro atoms. The lowest BCUT2D eigenvalue weighted by molar-refractivity contribution is 0.0950. The van der Waals surface area contributed by atoms with E-state index >= 15 is 0 Å². The number of nitrogens with one attached hydrogen (secondary N) is 1. The van der Waals surface area contributed by atoms with E-state index in [-0.39, 0.29) is 24.4 Å². The van der Waals surface area contributed by atoms with E-state index in [1.165, 1.54) is 11.0 Å². The van der Waals surface area contributed by atoms with Gasteiger partial charge in [-0.25, -0.2) is 0 Å². The van der Waals surface area contributed by atoms with Crippen LogP contribution in [0.2, 0.25) is 5.02 Å². The highest BCUT2D eigenvalue weighted by atomic mass is 35.5. The quantitative estimate of drug-likeness (QED) is 0.850. The molecule has 22 heavy (non-hydrogen) atoms. The molecule has 1 aromatic carbocycles. The van der Waals surface area contributed by atoms with E-state index in [0.29, 0.717) is 28.7 Å². The first-order valence-electron chi connectivity index (χ1n) is 6.72. The molecule has 1 saturated carbocycles. The molecule has 1 aromatic heterocycles. The Kier molecular flexibility index (Phi) is 5.33. The molecule has 3 rings (SSSR count). The molecular weight excluding hydrogens is 327 g/mol. The van der Waals surface area contributed by atoms with Gasteiger partial charge in [0.1, 0.15) is 6.33 Å². The van der Waals surface area contributed by atoms with Crippen molar-refractivity contribution in [3.63, 3.8) is 0 Å². The molecule has 9 heteroatoms. The van der Waals surface area contributed by atoms with Gasteiger partial charge in [-0.3, -0.25) is 4.79 Å². The number of nitrogens with two attached hydrogens (primary N) is 1. The number of nitrogens with zero attached hydrogens (tertiary/aromatic N) is 4. The molecule has 7 nitrogen and oxygen atoms in total. The Morgan fingerprint density at radius 1 is 1.50 bits per heavy atom. The first-order valence-corrected chi connectivity index (χ1v) is 7.09. The normalized spacial score (nSPS) is 15.0. The SMILES string of the molecule is Cl.NC(CNC(=O)c1cc(Cl)ccc1-n1cnnn1)C1CC1. The van der Waals surface area contributed by atoms with Crippen molar-refractivity contribution in [2.45, 2.75) is 18.9 Å². The summed E-state index contributed by atoms with van der Waals surface area (Å²) in [6.07, 6.45) is 3.71. The van der Waals surface area contributed by atoms with Gasteiger partial charge in [0.25, 0.3) is 5.91 Å². The van der Waals surface area contributed by atoms with E-state index < -0.39 is 0 Å². The van der Waals surface area contributed by atoms with Crippen LogP contribution in [-0.2, 0) is 0 Å². The van der Waals surface area contributed by atoms with Gasteiger partial charge in [0.15, 0.2) is 0 Å². The van der Waals surface area contributed by atoms with Crippen LogP contribution < -0.4 is 11.1 Å². The van der Waals surface area contributed by atoms with Crippen LogP contribution in [0.25, 0.3) is 5.69 Å². The molecule has 0 aliphatic heterocycles. The fourth-order valence-electron chi connectivity index (χ4n) is 2.16. The zero-order valence-electron chi connectivity index (χ0n) is 11.6. The minimum Gasteiger partial charge on any atom is -0.350 e. The summed E-state index contributed by atoms with van der Waals surface area (Å²) in [6.45, 7) is 0.449. The van der Waals surface area contributed by atoms with Crippen molar-refractivity contribution < 1.29 is 4.79 Å². The van der Waals surface area contributed by atoms with E-state index in [1.54, 1.807) is 18.2 Å². The Hall–Kier alpha value is -1.70. The number of hydrogen-bond acceptors (Lipinski definition) is 5. The molecule has 118 valence electrons. The molecule has 0 bridgehead atoms. The molecule has 1 fully saturated rings. The standard InChI is InChI=1S/C13H15ClN6O.ClH/c14-9-3-4-12(20-7-17-18-19-20)10(5-9)13(21)16-6-11(15)8-1-2-8;/h3-5,7-8,11H,1-2,6,15H2,(H,16,21);1H. The predicted molar refractivity (Wildman–Crippen MR) is 84.4 cm³/mol. The van der Waals surface area contributed by atoms with Crippen LogP contribution >= 0.6 is 24.0 Å². The van der Waals surface area contributed by atoms with E-state index in [0.717, 1.165) is 12.8 Å². The number of hydrogen-bond donors (Lipinski definition) is 2. The summed E-state index contributed by atoms with van der Waals surface area (Å²) >= 11 is 5.98. The number of benzene rings is 1. The van der Waals surface area contributed by atoms with E-state index in [2.05, 4.69) is 20.8 Å². The zero-order chi connectivity index (χ0) is 14.8. The van der Waals surface area contributed by atoms with Crippen LogP contribution in [0, 0.1) is 5.92 Å². The minimum atomic E-state index is -0.237. The molecule has 0 saturated heterocycles. The summed E-state index contributed by atoms with van der Waals surface area (Å²) in [5, 5.41) is 14.3. The summed E-state index contributed by atoms with van der Waals surface area (Å²) < 4.78 is 1.42. The van der Waals surface area contributed by atoms with E-state index in [4.69, 9.17) is 17.3 Å². The average Bonchev–Trinajstić information content (AvgIpc) is 3.20. The molecule has 1 aliphatic rings. The molecule has 1 aliphatic carbocycles. The molecule has 3 N–H and O–H groups in total. The first-order chi connectivity index (χ1) is 10.1. The van der Waals surface area contributed by atoms with Crippen molar-refractivity contribution in [3.05, 3.63) is 35.1 Å². The molecule has 1 amide bonds. The fourth-order valence-corrected chi connectivity index (χ4v) is 2.33. The Morgan fingerprint density at radius 3 is 2.91 bits per heavy atom. The Balaban J connectivity index is 0.00000176. The highest BCUT2D eigenvalue weighted by Crippen LogP contribution is 2.31. The Labute approximate surface area is 138 Å². The number of aromatic nitrogens is 4. The Morgan fingerprint density at radius 2 is 2.27 bits per heavy atom. The van der Waals surface area contributed by atoms with Crippen LogP contribution in [0.5, 0.6) is 0 Å². The van der Waals surface area contributed by atoms with Crippen molar-refractivity contribution in [1.82, 2.24) is 25.5 Å². The maximum Gasteiger partial charge on any atom is 0.253 e. The summed E-state index contributed by atoms with van der Waals surface area (Å²) in [6, 6.07) is 4.99. The van der Waals surface area contributed by atoms with Crippen LogP contribution in [0.4, 0.5) is 0 Å². The van der Waals surface area contributed by atoms with E-state index in [9.17, 15) is 4.79 Å². The number of amides is 1. The summed E-state index contributed by atoms with van der Waals surface area (Å²) in [5.74, 6) is 0.294. The first kappa shape index (κ1) is 16.7. The van der Waals surface area contributed by atoms with Gasteiger partial charge in [0.2, 0.25) is 0 Å². The molecule has 2 aromatic rings. The second kappa shape index (κ2) is 7.04. The van der Waals surface area contributed by atoms with Crippen molar-refractivity contribution in [2.24, 2.45) is 11.7 Å². The van der Waals surface area contributed by atoms with Gasteiger partial charge in [0.05, 0.1) is 11.3 Å². The third-order valence-electron chi connectivity index (χ3n) is 3.52. The number of halogens is 2. The number of carbonyl (C=O) groups excluding carboxylic acids is 1. The van der Waals surface area contributed by atoms with Crippen LogP contribution in [0.15, 0.2) is 24.5 Å². The monoisotopic (exact) mass is 342 g/mol. The number of tetrazole rings is 1. The number of carbonyl (C=O) groups is 1. The fraction of sp³-hybridized carbons (Fsp3) is 0.385. The van der Waals surface area contributed by atoms with Crippen molar-refractivity contribution in [2.75, 3.05) is 6.54 Å². The zero-order valence-corrected chi connectivity index (χ0v) is 13.2. The van der Waals surface area contributed by atoms with Gasteiger partial charge in [-0.05, 0) is 47.4 Å². The third-order valence-corrected chi connectivity index (χ3v) is 3.76. The topological polar surface area (TPSA) is 98.7 Å². The maximum atomic E-state index is 12.4. The Bertz CT molecular complexity index is 644. The van der Waals surface area contributed by atoms with E-state index in [1.807, 2.05) is 0 Å². The largest absolute Gasteiger partial charge is 0.350 e. The molecule has 0 radical (unpaired) electrons. The number of rotatable bonds is 5. The molecule has 1 atom stereocenters. The molecule has 1 unspecified atom stereocenters. The summed E-state index contributed by atoms with van der Waals surface area (Å²) in [7, 11) is 0. The summed E-state index contributed by atoms with van der Waals surface area (Å²) in [4.78, 5) is 12.4. The van der Waals surface area contributed by atoms with Crippen molar-refractivity contribution in [3.8, 4) is 5.69 Å². The maximum absolute atomic E-state index is 12.4. The minimum absolute atomic E-state index is 0. The van der Waals surface area contributed by atoms with Crippen molar-refractivity contribution >= 4 is 29.9 Å². The van der Waals surface area contributed by atoms with Gasteiger partial charge < -0.3 is 11.1 Å². The van der Waals surface area contributed by atoms with Crippen molar-refractivity contribution in [1.29, 1.82) is 0 Å². The van der Waals surface area contributed by atoms with Crippen LogP contribution in [0.1, 0.15) is 23.2 Å². The van der Waals surface area contributed by atoms with Crippen LogP contribution in [-0.4, -0.2) is 38.7 Å². The predicted octanol–water partition coefficient (Wildman–Crippen LogP) is 1.20. The lowest BCUT2D eigenvalue weighted by Crippen LogP contribution is -2.38.